The number of allylic oxidation sites excluding steroid dienone is 1. The molecule has 0 unspecified atom stereocenters. The summed E-state index contributed by atoms with van der Waals surface area (Å²) in [5.41, 5.74) is -0.432. The number of fused-ring (bicyclic) bond motifs is 1. The smallest absolute Gasteiger partial charge is 0.306 e. The SMILES string of the molecule is C=CCCC(=O)OC[C@H](NC(=O)[C@@H]1[C@H]2C(=O)N([C@@H](CC)CO)[C@H](C(=O)N(CC=C)C(C)C)[C@]23CC[C@H]1O3)c1ccccc1. The van der Waals surface area contributed by atoms with Gasteiger partial charge in [-0.2, -0.15) is 0 Å². The summed E-state index contributed by atoms with van der Waals surface area (Å²) in [6.45, 7) is 13.0. The van der Waals surface area contributed by atoms with Crippen molar-refractivity contribution in [1.82, 2.24) is 15.1 Å². The molecule has 7 atom stereocenters. The molecule has 10 nitrogen and oxygen atoms in total. The summed E-state index contributed by atoms with van der Waals surface area (Å²) in [6.07, 6.45) is 4.82. The van der Waals surface area contributed by atoms with E-state index in [1.54, 1.807) is 17.1 Å². The van der Waals surface area contributed by atoms with Crippen molar-refractivity contribution < 1.29 is 33.8 Å². The molecule has 2 bridgehead atoms. The van der Waals surface area contributed by atoms with Gasteiger partial charge in [0, 0.05) is 19.0 Å². The van der Waals surface area contributed by atoms with E-state index in [-0.39, 0.29) is 37.5 Å². The van der Waals surface area contributed by atoms with Crippen LogP contribution in [0.25, 0.3) is 0 Å². The Bertz CT molecular complexity index is 1200. The number of aliphatic hydroxyl groups is 1. The fourth-order valence-corrected chi connectivity index (χ4v) is 6.97. The summed E-state index contributed by atoms with van der Waals surface area (Å²) < 4.78 is 12.1. The maximum absolute atomic E-state index is 14.3. The zero-order valence-electron chi connectivity index (χ0n) is 25.4. The van der Waals surface area contributed by atoms with Crippen molar-refractivity contribution in [2.24, 2.45) is 11.8 Å². The molecule has 0 aromatic heterocycles. The van der Waals surface area contributed by atoms with Crippen LogP contribution in [0.4, 0.5) is 0 Å². The first kappa shape index (κ1) is 32.4. The van der Waals surface area contributed by atoms with Gasteiger partial charge in [-0.1, -0.05) is 49.4 Å². The van der Waals surface area contributed by atoms with Crippen molar-refractivity contribution in [3.05, 3.63) is 61.2 Å². The summed E-state index contributed by atoms with van der Waals surface area (Å²) >= 11 is 0. The zero-order chi connectivity index (χ0) is 31.3. The number of amides is 3. The molecule has 1 spiro atoms. The van der Waals surface area contributed by atoms with Crippen LogP contribution in [0, 0.1) is 11.8 Å². The van der Waals surface area contributed by atoms with Gasteiger partial charge in [-0.05, 0) is 45.1 Å². The molecular weight excluding hydrogens is 550 g/mol. The molecule has 0 aliphatic carbocycles. The maximum atomic E-state index is 14.3. The molecule has 2 N–H and O–H groups in total. The van der Waals surface area contributed by atoms with Gasteiger partial charge < -0.3 is 29.7 Å². The quantitative estimate of drug-likeness (QED) is 0.236. The Morgan fingerprint density at radius 3 is 2.56 bits per heavy atom. The van der Waals surface area contributed by atoms with E-state index in [0.29, 0.717) is 32.2 Å². The second kappa shape index (κ2) is 13.9. The Kier molecular flexibility index (Phi) is 10.4. The Balaban J connectivity index is 1.66. The van der Waals surface area contributed by atoms with Crippen molar-refractivity contribution >= 4 is 23.7 Å². The minimum atomic E-state index is -1.18. The van der Waals surface area contributed by atoms with Crippen molar-refractivity contribution in [3.63, 3.8) is 0 Å². The van der Waals surface area contributed by atoms with Gasteiger partial charge in [0.15, 0.2) is 0 Å². The minimum Gasteiger partial charge on any atom is -0.463 e. The third-order valence-electron chi connectivity index (χ3n) is 9.06. The van der Waals surface area contributed by atoms with Gasteiger partial charge in [0.1, 0.15) is 18.2 Å². The molecular formula is C33H45N3O7. The summed E-state index contributed by atoms with van der Waals surface area (Å²) in [6, 6.07) is 6.82. The number of benzene rings is 1. The number of aliphatic hydroxyl groups excluding tert-OH is 1. The Hall–Kier alpha value is -3.50. The third-order valence-corrected chi connectivity index (χ3v) is 9.06. The molecule has 10 heteroatoms. The second-order valence-electron chi connectivity index (χ2n) is 11.9. The normalized spacial score (nSPS) is 27.0. The Morgan fingerprint density at radius 1 is 1.23 bits per heavy atom. The van der Waals surface area contributed by atoms with Crippen molar-refractivity contribution in [2.45, 2.75) is 88.7 Å². The van der Waals surface area contributed by atoms with E-state index in [2.05, 4.69) is 18.5 Å². The summed E-state index contributed by atoms with van der Waals surface area (Å²) in [5, 5.41) is 13.3. The summed E-state index contributed by atoms with van der Waals surface area (Å²) in [4.78, 5) is 58.0. The lowest BCUT2D eigenvalue weighted by molar-refractivity contribution is -0.152. The van der Waals surface area contributed by atoms with Crippen LogP contribution in [0.15, 0.2) is 55.6 Å². The number of likely N-dealkylation sites (tertiary alicyclic amines) is 1. The monoisotopic (exact) mass is 595 g/mol. The van der Waals surface area contributed by atoms with E-state index in [0.717, 1.165) is 5.56 Å². The molecule has 4 rings (SSSR count). The molecule has 3 fully saturated rings. The van der Waals surface area contributed by atoms with E-state index in [1.807, 2.05) is 51.1 Å². The second-order valence-corrected chi connectivity index (χ2v) is 11.9. The molecule has 0 radical (unpaired) electrons. The summed E-state index contributed by atoms with van der Waals surface area (Å²) in [5.74, 6) is -3.14. The molecule has 43 heavy (non-hydrogen) atoms. The van der Waals surface area contributed by atoms with Gasteiger partial charge in [-0.15, -0.1) is 13.2 Å². The molecule has 0 saturated carbocycles. The van der Waals surface area contributed by atoms with Crippen molar-refractivity contribution in [1.29, 1.82) is 0 Å². The number of nitrogens with zero attached hydrogens (tertiary/aromatic N) is 2. The fraction of sp³-hybridized carbons (Fsp3) is 0.576. The number of carbonyl (C=O) groups is 4. The van der Waals surface area contributed by atoms with E-state index < -0.39 is 53.5 Å². The molecule has 3 aliphatic rings. The van der Waals surface area contributed by atoms with Crippen LogP contribution < -0.4 is 5.32 Å². The van der Waals surface area contributed by atoms with Crippen LogP contribution in [-0.4, -0.2) is 88.2 Å². The number of hydrogen-bond donors (Lipinski definition) is 2. The number of hydrogen-bond acceptors (Lipinski definition) is 7. The van der Waals surface area contributed by atoms with E-state index >= 15 is 0 Å². The molecule has 3 aliphatic heterocycles. The van der Waals surface area contributed by atoms with Gasteiger partial charge in [0.05, 0.1) is 36.6 Å². The highest BCUT2D eigenvalue weighted by Crippen LogP contribution is 2.59. The first-order valence-corrected chi connectivity index (χ1v) is 15.3. The maximum Gasteiger partial charge on any atom is 0.306 e. The van der Waals surface area contributed by atoms with Crippen LogP contribution >= 0.6 is 0 Å². The van der Waals surface area contributed by atoms with Gasteiger partial charge in [0.25, 0.3) is 0 Å². The lowest BCUT2D eigenvalue weighted by atomic mass is 9.70. The number of esters is 1. The van der Waals surface area contributed by atoms with Crippen molar-refractivity contribution in [2.75, 3.05) is 19.8 Å². The molecule has 234 valence electrons. The fourth-order valence-electron chi connectivity index (χ4n) is 6.97. The highest BCUT2D eigenvalue weighted by atomic mass is 16.5. The Labute approximate surface area is 254 Å². The van der Waals surface area contributed by atoms with Gasteiger partial charge in [-0.25, -0.2) is 0 Å². The number of ether oxygens (including phenoxy) is 2. The van der Waals surface area contributed by atoms with Crippen LogP contribution in [0.1, 0.15) is 64.5 Å². The minimum absolute atomic E-state index is 0.0751. The first-order chi connectivity index (χ1) is 20.6. The lowest BCUT2D eigenvalue weighted by Gasteiger charge is -2.40. The summed E-state index contributed by atoms with van der Waals surface area (Å²) in [7, 11) is 0. The van der Waals surface area contributed by atoms with Gasteiger partial charge >= 0.3 is 5.97 Å². The predicted molar refractivity (Wildman–Crippen MR) is 160 cm³/mol. The third kappa shape index (κ3) is 6.13. The van der Waals surface area contributed by atoms with Crippen LogP contribution in [0.5, 0.6) is 0 Å². The number of carbonyl (C=O) groups excluding carboxylic acids is 4. The largest absolute Gasteiger partial charge is 0.463 e. The average molecular weight is 596 g/mol. The van der Waals surface area contributed by atoms with E-state index in [1.165, 1.54) is 4.90 Å². The highest BCUT2D eigenvalue weighted by molar-refractivity contribution is 5.99. The molecule has 3 saturated heterocycles. The van der Waals surface area contributed by atoms with Crippen LogP contribution in [0.2, 0.25) is 0 Å². The zero-order valence-corrected chi connectivity index (χ0v) is 25.4. The van der Waals surface area contributed by atoms with Crippen LogP contribution in [-0.2, 0) is 28.7 Å². The molecule has 3 heterocycles. The highest BCUT2D eigenvalue weighted by Gasteiger charge is 2.75. The predicted octanol–water partition coefficient (Wildman–Crippen LogP) is 2.92. The topological polar surface area (TPSA) is 125 Å². The van der Waals surface area contributed by atoms with Crippen molar-refractivity contribution in [3.8, 4) is 0 Å². The lowest BCUT2D eigenvalue weighted by Crippen LogP contribution is -2.59. The molecule has 1 aromatic rings. The first-order valence-electron chi connectivity index (χ1n) is 15.3. The molecule has 1 aromatic carbocycles. The van der Waals surface area contributed by atoms with E-state index in [9.17, 15) is 24.3 Å². The standard InChI is InChI=1S/C33H45N3O7/c1-6-9-15-26(38)42-20-24(22-13-11-10-12-14-22)34-30(39)27-25-16-17-33(43-25)28(27)31(40)36(23(8-3)19-37)29(33)32(41)35(18-7-2)21(4)5/h6-7,10-14,21,23-25,27-29,37H,1-2,8-9,15-20H2,3-5H3,(H,34,39)/t23-,24-,25+,27-,28-,29+,33-/m0/s1. The number of rotatable bonds is 15. The van der Waals surface area contributed by atoms with Gasteiger partial charge in [-0.3, -0.25) is 19.2 Å². The van der Waals surface area contributed by atoms with Crippen LogP contribution in [0.3, 0.4) is 0 Å². The Morgan fingerprint density at radius 2 is 1.95 bits per heavy atom. The van der Waals surface area contributed by atoms with Gasteiger partial charge in [0.2, 0.25) is 17.7 Å². The average Bonchev–Trinajstić information content (AvgIpc) is 3.65. The number of nitrogens with one attached hydrogen (secondary N) is 1. The van der Waals surface area contributed by atoms with E-state index in [4.69, 9.17) is 9.47 Å². The molecule has 3 amide bonds.